The van der Waals surface area contributed by atoms with E-state index in [1.807, 2.05) is 42.5 Å². The molecule has 6 nitrogen and oxygen atoms in total. The molecule has 1 atom stereocenters. The Hall–Kier alpha value is -3.64. The quantitative estimate of drug-likeness (QED) is 0.330. The molecule has 5 rings (SSSR count). The van der Waals surface area contributed by atoms with Gasteiger partial charge in [0.05, 0.1) is 11.7 Å². The van der Waals surface area contributed by atoms with Crippen LogP contribution < -0.4 is 15.5 Å². The van der Waals surface area contributed by atoms with E-state index in [1.165, 1.54) is 11.1 Å². The van der Waals surface area contributed by atoms with Gasteiger partial charge in [0.2, 0.25) is 0 Å². The number of amides is 2. The van der Waals surface area contributed by atoms with Gasteiger partial charge < -0.3 is 20.3 Å². The molecule has 3 aromatic carbocycles. The summed E-state index contributed by atoms with van der Waals surface area (Å²) in [7, 11) is 0. The first-order valence-electron chi connectivity index (χ1n) is 15.0. The molecule has 2 aliphatic rings. The maximum Gasteiger partial charge on any atom is 0.255 e. The Morgan fingerprint density at radius 2 is 1.63 bits per heavy atom. The molecule has 0 aromatic heterocycles. The van der Waals surface area contributed by atoms with Crippen molar-refractivity contribution in [3.05, 3.63) is 95.1 Å². The molecule has 0 bridgehead atoms. The van der Waals surface area contributed by atoms with Gasteiger partial charge in [-0.25, -0.2) is 0 Å². The second kappa shape index (κ2) is 12.9. The minimum absolute atomic E-state index is 0.0205. The maximum atomic E-state index is 13.5. The lowest BCUT2D eigenvalue weighted by molar-refractivity contribution is 0.0858. The topological polar surface area (TPSA) is 70.7 Å². The van der Waals surface area contributed by atoms with Crippen molar-refractivity contribution in [3.63, 3.8) is 0 Å². The fourth-order valence-corrected chi connectivity index (χ4v) is 5.83. The largest absolute Gasteiger partial charge is 0.376 e. The molecule has 41 heavy (non-hydrogen) atoms. The predicted molar refractivity (Wildman–Crippen MR) is 166 cm³/mol. The number of nitrogens with zero attached hydrogens (tertiary/aromatic N) is 1. The Morgan fingerprint density at radius 1 is 0.902 bits per heavy atom. The molecule has 0 radical (unpaired) electrons. The second-order valence-corrected chi connectivity index (χ2v) is 12.5. The highest BCUT2D eigenvalue weighted by Crippen LogP contribution is 2.31. The first kappa shape index (κ1) is 28.9. The number of piperidine rings is 1. The van der Waals surface area contributed by atoms with Crippen LogP contribution in [0.15, 0.2) is 72.8 Å². The van der Waals surface area contributed by atoms with Gasteiger partial charge in [-0.3, -0.25) is 9.59 Å². The van der Waals surface area contributed by atoms with Crippen molar-refractivity contribution in [1.82, 2.24) is 5.32 Å². The molecule has 3 aromatic rings. The molecule has 2 aliphatic heterocycles. The van der Waals surface area contributed by atoms with Crippen molar-refractivity contribution in [2.75, 3.05) is 36.5 Å². The summed E-state index contributed by atoms with van der Waals surface area (Å²) in [5.74, 6) is 0.312. The number of nitrogens with one attached hydrogen (secondary N) is 2. The third-order valence-electron chi connectivity index (χ3n) is 8.35. The van der Waals surface area contributed by atoms with Crippen LogP contribution in [0.25, 0.3) is 0 Å². The zero-order valence-electron chi connectivity index (χ0n) is 24.6. The Balaban J connectivity index is 1.30. The number of ether oxygens (including phenoxy) is 1. The predicted octanol–water partition coefficient (Wildman–Crippen LogP) is 6.60. The zero-order valence-corrected chi connectivity index (χ0v) is 24.6. The number of carbonyl (C=O) groups excluding carboxylic acids is 2. The average Bonchev–Trinajstić information content (AvgIpc) is 3.50. The lowest BCUT2D eigenvalue weighted by Crippen LogP contribution is -2.37. The van der Waals surface area contributed by atoms with E-state index >= 15 is 0 Å². The number of carbonyl (C=O) groups is 2. The Labute approximate surface area is 244 Å². The lowest BCUT2D eigenvalue weighted by Gasteiger charge is -2.35. The number of rotatable bonds is 8. The Kier molecular flexibility index (Phi) is 9.09. The van der Waals surface area contributed by atoms with Crippen LogP contribution in [-0.2, 0) is 16.6 Å². The first-order chi connectivity index (χ1) is 19.8. The van der Waals surface area contributed by atoms with Gasteiger partial charge in [0, 0.05) is 43.2 Å². The van der Waals surface area contributed by atoms with Crippen molar-refractivity contribution >= 4 is 23.2 Å². The Morgan fingerprint density at radius 3 is 2.29 bits per heavy atom. The monoisotopic (exact) mass is 553 g/mol. The van der Waals surface area contributed by atoms with Crippen LogP contribution in [0.1, 0.15) is 78.3 Å². The van der Waals surface area contributed by atoms with Crippen LogP contribution >= 0.6 is 0 Å². The molecule has 2 N–H and O–H groups in total. The van der Waals surface area contributed by atoms with Crippen molar-refractivity contribution in [2.45, 2.75) is 64.4 Å². The Bertz CT molecular complexity index is 1320. The van der Waals surface area contributed by atoms with Gasteiger partial charge in [0.1, 0.15) is 0 Å². The lowest BCUT2D eigenvalue weighted by atomic mass is 9.87. The summed E-state index contributed by atoms with van der Waals surface area (Å²) >= 11 is 0. The van der Waals surface area contributed by atoms with E-state index in [9.17, 15) is 9.59 Å². The van der Waals surface area contributed by atoms with Crippen LogP contribution in [0, 0.1) is 5.92 Å². The van der Waals surface area contributed by atoms with Gasteiger partial charge >= 0.3 is 0 Å². The molecule has 0 unspecified atom stereocenters. The molecular formula is C35H43N3O3. The first-order valence-corrected chi connectivity index (χ1v) is 15.0. The van der Waals surface area contributed by atoms with E-state index in [0.29, 0.717) is 29.3 Å². The standard InChI is InChI=1S/C35H43N3O3/c1-35(2,3)28-13-11-27(12-14-28)33(39)37-29-15-16-32(31(23-29)34(40)36-24-30-10-7-21-41-30)38-19-17-26(18-20-38)22-25-8-5-4-6-9-25/h4-6,8-9,11-16,23,26,30H,7,10,17-22,24H2,1-3H3,(H,36,40)(H,37,39)/t30-/m1/s1. The minimum atomic E-state index is -0.189. The molecule has 6 heteroatoms. The SMILES string of the molecule is CC(C)(C)c1ccc(C(=O)Nc2ccc(N3CCC(Cc4ccccc4)CC3)c(C(=O)NC[C@H]3CCCO3)c2)cc1. The van der Waals surface area contributed by atoms with Crippen molar-refractivity contribution in [3.8, 4) is 0 Å². The molecule has 2 saturated heterocycles. The van der Waals surface area contributed by atoms with Crippen LogP contribution in [0.3, 0.4) is 0 Å². The number of anilines is 2. The third kappa shape index (κ3) is 7.56. The summed E-state index contributed by atoms with van der Waals surface area (Å²) in [6.45, 7) is 9.50. The summed E-state index contributed by atoms with van der Waals surface area (Å²) in [5.41, 5.74) is 5.29. The molecule has 0 spiro atoms. The second-order valence-electron chi connectivity index (χ2n) is 12.5. The third-order valence-corrected chi connectivity index (χ3v) is 8.35. The highest BCUT2D eigenvalue weighted by atomic mass is 16.5. The molecule has 2 amide bonds. The summed E-state index contributed by atoms with van der Waals surface area (Å²) in [6.07, 6.45) is 5.30. The molecule has 0 aliphatic carbocycles. The van der Waals surface area contributed by atoms with E-state index in [4.69, 9.17) is 4.74 Å². The molecule has 0 saturated carbocycles. The van der Waals surface area contributed by atoms with E-state index in [1.54, 1.807) is 0 Å². The van der Waals surface area contributed by atoms with Gasteiger partial charge in [0.15, 0.2) is 0 Å². The van der Waals surface area contributed by atoms with E-state index in [2.05, 4.69) is 66.6 Å². The highest BCUT2D eigenvalue weighted by molar-refractivity contribution is 6.06. The van der Waals surface area contributed by atoms with Crippen LogP contribution in [-0.4, -0.2) is 44.2 Å². The minimum Gasteiger partial charge on any atom is -0.376 e. The molecular weight excluding hydrogens is 510 g/mol. The summed E-state index contributed by atoms with van der Waals surface area (Å²) in [5, 5.41) is 6.10. The van der Waals surface area contributed by atoms with E-state index in [-0.39, 0.29) is 23.3 Å². The highest BCUT2D eigenvalue weighted by Gasteiger charge is 2.25. The van der Waals surface area contributed by atoms with Crippen LogP contribution in [0.4, 0.5) is 11.4 Å². The number of benzene rings is 3. The molecule has 2 fully saturated rings. The van der Waals surface area contributed by atoms with Gasteiger partial charge in [-0.05, 0) is 84.9 Å². The van der Waals surface area contributed by atoms with Gasteiger partial charge in [-0.1, -0.05) is 63.2 Å². The fraction of sp³-hybridized carbons (Fsp3) is 0.429. The van der Waals surface area contributed by atoms with Crippen molar-refractivity contribution in [1.29, 1.82) is 0 Å². The smallest absolute Gasteiger partial charge is 0.255 e. The van der Waals surface area contributed by atoms with Crippen molar-refractivity contribution < 1.29 is 14.3 Å². The van der Waals surface area contributed by atoms with E-state index < -0.39 is 0 Å². The van der Waals surface area contributed by atoms with Gasteiger partial charge in [-0.2, -0.15) is 0 Å². The molecule has 2 heterocycles. The fourth-order valence-electron chi connectivity index (χ4n) is 5.83. The van der Waals surface area contributed by atoms with Gasteiger partial charge in [-0.15, -0.1) is 0 Å². The van der Waals surface area contributed by atoms with E-state index in [0.717, 1.165) is 57.5 Å². The normalized spacial score (nSPS) is 17.8. The number of hydrogen-bond donors (Lipinski definition) is 2. The van der Waals surface area contributed by atoms with Gasteiger partial charge in [0.25, 0.3) is 11.8 Å². The number of hydrogen-bond acceptors (Lipinski definition) is 4. The summed E-state index contributed by atoms with van der Waals surface area (Å²) < 4.78 is 5.72. The average molecular weight is 554 g/mol. The maximum absolute atomic E-state index is 13.5. The summed E-state index contributed by atoms with van der Waals surface area (Å²) in [6, 6.07) is 24.1. The summed E-state index contributed by atoms with van der Waals surface area (Å²) in [4.78, 5) is 28.9. The van der Waals surface area contributed by atoms with Crippen LogP contribution in [0.5, 0.6) is 0 Å². The van der Waals surface area contributed by atoms with Crippen molar-refractivity contribution in [2.24, 2.45) is 5.92 Å². The zero-order chi connectivity index (χ0) is 28.8. The molecule has 216 valence electrons. The van der Waals surface area contributed by atoms with Crippen LogP contribution in [0.2, 0.25) is 0 Å².